The molecule has 1 N–H and O–H groups in total. The Morgan fingerprint density at radius 2 is 2.00 bits per heavy atom. The topological polar surface area (TPSA) is 29.1 Å². The number of benzene rings is 1. The smallest absolute Gasteiger partial charge is 0.221 e. The molecule has 0 heterocycles. The average Bonchev–Trinajstić information content (AvgIpc) is 2.15. The Balaban J connectivity index is 2.56. The predicted octanol–water partition coefficient (Wildman–Crippen LogP) is 2.35. The molecular formula is C12H13NO. The largest absolute Gasteiger partial charge is 0.327 e. The van der Waals surface area contributed by atoms with E-state index in [1.165, 1.54) is 6.92 Å². The van der Waals surface area contributed by atoms with Gasteiger partial charge in [-0.25, -0.2) is 0 Å². The summed E-state index contributed by atoms with van der Waals surface area (Å²) in [6.45, 7) is 5.15. The summed E-state index contributed by atoms with van der Waals surface area (Å²) in [5.74, 6) is -0.104. The van der Waals surface area contributed by atoms with Gasteiger partial charge in [-0.15, -0.1) is 0 Å². The van der Waals surface area contributed by atoms with Crippen molar-refractivity contribution in [3.05, 3.63) is 54.2 Å². The zero-order valence-electron chi connectivity index (χ0n) is 8.16. The number of carbonyl (C=O) groups excluding carboxylic acids is 1. The van der Waals surface area contributed by atoms with Crippen LogP contribution >= 0.6 is 0 Å². The van der Waals surface area contributed by atoms with Gasteiger partial charge in [0, 0.05) is 12.6 Å². The van der Waals surface area contributed by atoms with Gasteiger partial charge in [0.05, 0.1) is 0 Å². The Kier molecular flexibility index (Phi) is 3.68. The highest BCUT2D eigenvalue weighted by Crippen LogP contribution is 2.02. The van der Waals surface area contributed by atoms with Gasteiger partial charge in [0.2, 0.25) is 5.91 Å². The molecule has 0 atom stereocenters. The first-order valence-corrected chi connectivity index (χ1v) is 4.38. The molecule has 0 aliphatic heterocycles. The molecule has 14 heavy (non-hydrogen) atoms. The fourth-order valence-electron chi connectivity index (χ4n) is 1.03. The Hall–Kier alpha value is -1.83. The summed E-state index contributed by atoms with van der Waals surface area (Å²) in [4.78, 5) is 10.7. The first-order valence-electron chi connectivity index (χ1n) is 4.38. The van der Waals surface area contributed by atoms with E-state index in [1.807, 2.05) is 36.4 Å². The summed E-state index contributed by atoms with van der Waals surface area (Å²) < 4.78 is 0. The number of nitrogens with one attached hydrogen (secondary N) is 1. The lowest BCUT2D eigenvalue weighted by atomic mass is 10.2. The minimum absolute atomic E-state index is 0.104. The van der Waals surface area contributed by atoms with Crippen molar-refractivity contribution < 1.29 is 4.79 Å². The van der Waals surface area contributed by atoms with E-state index >= 15 is 0 Å². The van der Waals surface area contributed by atoms with Gasteiger partial charge in [-0.2, -0.15) is 0 Å². The van der Waals surface area contributed by atoms with Crippen LogP contribution in [0.1, 0.15) is 12.5 Å². The molecule has 72 valence electrons. The van der Waals surface area contributed by atoms with Gasteiger partial charge < -0.3 is 5.32 Å². The van der Waals surface area contributed by atoms with E-state index in [-0.39, 0.29) is 5.91 Å². The molecule has 0 bridgehead atoms. The van der Waals surface area contributed by atoms with Gasteiger partial charge in [-0.1, -0.05) is 43.0 Å². The number of amides is 1. The van der Waals surface area contributed by atoms with Crippen molar-refractivity contribution in [2.45, 2.75) is 6.92 Å². The lowest BCUT2D eigenvalue weighted by Crippen LogP contribution is -2.16. The van der Waals surface area contributed by atoms with Crippen molar-refractivity contribution in [3.8, 4) is 0 Å². The van der Waals surface area contributed by atoms with Gasteiger partial charge in [0.25, 0.3) is 0 Å². The molecule has 2 nitrogen and oxygen atoms in total. The predicted molar refractivity (Wildman–Crippen MR) is 58.4 cm³/mol. The van der Waals surface area contributed by atoms with E-state index in [1.54, 1.807) is 6.08 Å². The molecule has 0 aliphatic carbocycles. The van der Waals surface area contributed by atoms with E-state index in [2.05, 4.69) is 11.9 Å². The molecule has 1 rings (SSSR count). The minimum Gasteiger partial charge on any atom is -0.327 e. The third kappa shape index (κ3) is 3.72. The molecule has 0 radical (unpaired) electrons. The first kappa shape index (κ1) is 10.3. The second-order valence-electron chi connectivity index (χ2n) is 2.95. The monoisotopic (exact) mass is 187 g/mol. The van der Waals surface area contributed by atoms with Crippen LogP contribution in [0.15, 0.2) is 48.7 Å². The first-order chi connectivity index (χ1) is 6.68. The van der Waals surface area contributed by atoms with E-state index < -0.39 is 0 Å². The van der Waals surface area contributed by atoms with Crippen molar-refractivity contribution in [1.29, 1.82) is 0 Å². The quantitative estimate of drug-likeness (QED) is 0.723. The molecule has 0 saturated heterocycles. The maximum absolute atomic E-state index is 10.7. The SMILES string of the molecule is C=C(/C=C/c1ccccc1)NC(C)=O. The van der Waals surface area contributed by atoms with Gasteiger partial charge in [-0.05, 0) is 11.6 Å². The minimum atomic E-state index is -0.104. The van der Waals surface area contributed by atoms with Gasteiger partial charge in [0.1, 0.15) is 0 Å². The average molecular weight is 187 g/mol. The van der Waals surface area contributed by atoms with Gasteiger partial charge in [0.15, 0.2) is 0 Å². The highest BCUT2D eigenvalue weighted by atomic mass is 16.1. The van der Waals surface area contributed by atoms with Crippen LogP contribution in [-0.2, 0) is 4.79 Å². The lowest BCUT2D eigenvalue weighted by Gasteiger charge is -1.98. The molecule has 0 aromatic heterocycles. The molecular weight excluding hydrogens is 174 g/mol. The third-order valence-electron chi connectivity index (χ3n) is 1.61. The standard InChI is InChI=1S/C12H13NO/c1-10(13-11(2)14)8-9-12-6-4-3-5-7-12/h3-9H,1H2,2H3,(H,13,14)/b9-8+. The molecule has 1 aromatic rings. The fourth-order valence-corrected chi connectivity index (χ4v) is 1.03. The molecule has 1 aromatic carbocycles. The summed E-state index contributed by atoms with van der Waals surface area (Å²) in [6, 6.07) is 9.84. The van der Waals surface area contributed by atoms with Crippen molar-refractivity contribution >= 4 is 12.0 Å². The number of hydrogen-bond donors (Lipinski definition) is 1. The molecule has 1 amide bonds. The zero-order valence-corrected chi connectivity index (χ0v) is 8.16. The summed E-state index contributed by atoms with van der Waals surface area (Å²) in [5.41, 5.74) is 1.68. The summed E-state index contributed by atoms with van der Waals surface area (Å²) in [5, 5.41) is 2.59. The maximum atomic E-state index is 10.7. The molecule has 2 heteroatoms. The summed E-state index contributed by atoms with van der Waals surface area (Å²) >= 11 is 0. The second kappa shape index (κ2) is 5.02. The third-order valence-corrected chi connectivity index (χ3v) is 1.61. The Bertz CT molecular complexity index is 352. The number of carbonyl (C=O) groups is 1. The van der Waals surface area contributed by atoms with Crippen molar-refractivity contribution in [1.82, 2.24) is 5.32 Å². The van der Waals surface area contributed by atoms with Crippen molar-refractivity contribution in [2.24, 2.45) is 0 Å². The van der Waals surface area contributed by atoms with E-state index in [4.69, 9.17) is 0 Å². The highest BCUT2D eigenvalue weighted by Gasteiger charge is 1.90. The highest BCUT2D eigenvalue weighted by molar-refractivity contribution is 5.75. The zero-order chi connectivity index (χ0) is 10.4. The molecule has 0 saturated carbocycles. The molecule has 0 aliphatic rings. The number of hydrogen-bond acceptors (Lipinski definition) is 1. The number of allylic oxidation sites excluding steroid dienone is 1. The van der Waals surface area contributed by atoms with E-state index in [9.17, 15) is 4.79 Å². The Morgan fingerprint density at radius 1 is 1.36 bits per heavy atom. The van der Waals surface area contributed by atoms with Crippen LogP contribution in [0.25, 0.3) is 6.08 Å². The van der Waals surface area contributed by atoms with Crippen LogP contribution in [-0.4, -0.2) is 5.91 Å². The number of rotatable bonds is 3. The summed E-state index contributed by atoms with van der Waals surface area (Å²) in [6.07, 6.45) is 3.68. The normalized spacial score (nSPS) is 10.1. The Morgan fingerprint density at radius 3 is 2.57 bits per heavy atom. The second-order valence-corrected chi connectivity index (χ2v) is 2.95. The fraction of sp³-hybridized carbons (Fsp3) is 0.0833. The van der Waals surface area contributed by atoms with Gasteiger partial charge >= 0.3 is 0 Å². The van der Waals surface area contributed by atoms with Crippen LogP contribution < -0.4 is 5.32 Å². The van der Waals surface area contributed by atoms with Crippen LogP contribution in [0.5, 0.6) is 0 Å². The molecule has 0 unspecified atom stereocenters. The van der Waals surface area contributed by atoms with Crippen LogP contribution in [0, 0.1) is 0 Å². The van der Waals surface area contributed by atoms with Gasteiger partial charge in [-0.3, -0.25) is 4.79 Å². The maximum Gasteiger partial charge on any atom is 0.221 e. The van der Waals surface area contributed by atoms with Crippen molar-refractivity contribution in [2.75, 3.05) is 0 Å². The van der Waals surface area contributed by atoms with Crippen molar-refractivity contribution in [3.63, 3.8) is 0 Å². The van der Waals surface area contributed by atoms with Crippen LogP contribution in [0.4, 0.5) is 0 Å². The Labute approximate surface area is 84.0 Å². The van der Waals surface area contributed by atoms with Crippen LogP contribution in [0.2, 0.25) is 0 Å². The van der Waals surface area contributed by atoms with E-state index in [0.29, 0.717) is 5.70 Å². The molecule has 0 fully saturated rings. The summed E-state index contributed by atoms with van der Waals surface area (Å²) in [7, 11) is 0. The molecule has 0 spiro atoms. The van der Waals surface area contributed by atoms with Crippen LogP contribution in [0.3, 0.4) is 0 Å². The lowest BCUT2D eigenvalue weighted by molar-refractivity contribution is -0.118. The van der Waals surface area contributed by atoms with E-state index in [0.717, 1.165) is 5.56 Å².